The summed E-state index contributed by atoms with van der Waals surface area (Å²) in [6.07, 6.45) is 3.98. The molecule has 3 heterocycles. The van der Waals surface area contributed by atoms with E-state index in [1.54, 1.807) is 72.8 Å². The SMILES string of the molecule is N#CC1=C[C@@H]2/C=C\c3cc(C(F)(F)F)ccc3-c3c(cc(C#N)cc3-n3c4cc(C#N)ccc4c4ccc(C#N)cc43)-n3c2c(c2ccc(C#N)cc23)C=C1. The topological polar surface area (TPSA) is 129 Å². The Morgan fingerprint density at radius 1 is 0.545 bits per heavy atom. The van der Waals surface area contributed by atoms with Gasteiger partial charge in [0.2, 0.25) is 0 Å². The highest BCUT2D eigenvalue weighted by molar-refractivity contribution is 6.11. The second-order valence-electron chi connectivity index (χ2n) is 13.3. The molecule has 7 nitrogen and oxygen atoms in total. The summed E-state index contributed by atoms with van der Waals surface area (Å²) in [5, 5.41) is 52.9. The summed E-state index contributed by atoms with van der Waals surface area (Å²) >= 11 is 0. The fraction of sp³-hybridized carbons (Fsp3) is 0.0444. The monoisotopic (exact) mass is 715 g/mol. The standard InChI is InChI=1S/C45H20F3N7/c46-45(47,48)32-7-12-33-30(19-32)5-6-31-13-25(20-49)4-11-37-36-10-3-28(23-52)16-40(36)55(44(31)37)42-18-29(24-53)17-41(43(33)42)54-38-14-26(21-50)1-8-34(38)35-9-2-27(22-51)15-39(35)54/h1-19,31H/b6-5-/t31-/m0/s1. The number of halogens is 3. The largest absolute Gasteiger partial charge is 0.416 e. The molecule has 256 valence electrons. The fourth-order valence-corrected chi connectivity index (χ4v) is 7.92. The van der Waals surface area contributed by atoms with Crippen LogP contribution in [0.4, 0.5) is 13.2 Å². The normalized spacial score (nSPS) is 14.7. The molecule has 1 atom stereocenters. The summed E-state index contributed by atoms with van der Waals surface area (Å²) in [5.74, 6) is -0.635. The van der Waals surface area contributed by atoms with Crippen LogP contribution in [0.25, 0.3) is 67.4 Å². The zero-order valence-corrected chi connectivity index (χ0v) is 28.3. The number of rotatable bonds is 1. The smallest absolute Gasteiger partial charge is 0.311 e. The molecule has 0 unspecified atom stereocenters. The molecule has 0 radical (unpaired) electrons. The number of hydrogen-bond acceptors (Lipinski definition) is 5. The Kier molecular flexibility index (Phi) is 7.14. The molecule has 7 aromatic rings. The van der Waals surface area contributed by atoms with E-state index in [9.17, 15) is 39.5 Å². The minimum Gasteiger partial charge on any atom is -0.311 e. The van der Waals surface area contributed by atoms with Crippen molar-refractivity contribution in [3.05, 3.63) is 153 Å². The van der Waals surface area contributed by atoms with Crippen LogP contribution in [0.5, 0.6) is 0 Å². The van der Waals surface area contributed by atoms with Crippen LogP contribution >= 0.6 is 0 Å². The number of nitrogens with zero attached hydrogens (tertiary/aromatic N) is 7. The number of benzene rings is 5. The van der Waals surface area contributed by atoms with E-state index in [1.165, 1.54) is 6.07 Å². The van der Waals surface area contributed by atoms with E-state index in [-0.39, 0.29) is 11.1 Å². The molecule has 0 spiro atoms. The first kappa shape index (κ1) is 32.8. The summed E-state index contributed by atoms with van der Waals surface area (Å²) in [7, 11) is 0. The highest BCUT2D eigenvalue weighted by Crippen LogP contribution is 2.48. The predicted octanol–water partition coefficient (Wildman–Crippen LogP) is 10.5. The van der Waals surface area contributed by atoms with Gasteiger partial charge < -0.3 is 9.13 Å². The van der Waals surface area contributed by atoms with E-state index in [0.29, 0.717) is 67.0 Å². The molecule has 5 aromatic carbocycles. The predicted molar refractivity (Wildman–Crippen MR) is 201 cm³/mol. The summed E-state index contributed by atoms with van der Waals surface area (Å²) in [6.45, 7) is 0. The summed E-state index contributed by atoms with van der Waals surface area (Å²) in [4.78, 5) is 0. The van der Waals surface area contributed by atoms with Gasteiger partial charge in [-0.1, -0.05) is 48.6 Å². The summed E-state index contributed by atoms with van der Waals surface area (Å²) in [6, 6.07) is 33.6. The van der Waals surface area contributed by atoms with E-state index in [2.05, 4.69) is 30.3 Å². The summed E-state index contributed by atoms with van der Waals surface area (Å²) < 4.78 is 46.9. The average Bonchev–Trinajstić information content (AvgIpc) is 3.64. The zero-order chi connectivity index (χ0) is 38.2. The molecular weight excluding hydrogens is 696 g/mol. The number of allylic oxidation sites excluding steroid dienone is 4. The fourth-order valence-electron chi connectivity index (χ4n) is 7.92. The van der Waals surface area contributed by atoms with Gasteiger partial charge in [0, 0.05) is 44.5 Å². The second-order valence-corrected chi connectivity index (χ2v) is 13.3. The molecule has 55 heavy (non-hydrogen) atoms. The van der Waals surface area contributed by atoms with Gasteiger partial charge in [-0.05, 0) is 77.9 Å². The third kappa shape index (κ3) is 4.93. The minimum absolute atomic E-state index is 0.221. The quantitative estimate of drug-likeness (QED) is 0.167. The molecule has 0 bridgehead atoms. The first-order valence-electron chi connectivity index (χ1n) is 16.9. The Labute approximate surface area is 311 Å². The minimum atomic E-state index is -4.66. The van der Waals surface area contributed by atoms with Gasteiger partial charge in [0.15, 0.2) is 0 Å². The molecule has 0 saturated carbocycles. The highest BCUT2D eigenvalue weighted by atomic mass is 19.4. The van der Waals surface area contributed by atoms with Crippen molar-refractivity contribution in [1.82, 2.24) is 9.13 Å². The van der Waals surface area contributed by atoms with Crippen molar-refractivity contribution in [2.45, 2.75) is 12.1 Å². The lowest BCUT2D eigenvalue weighted by molar-refractivity contribution is -0.137. The van der Waals surface area contributed by atoms with E-state index < -0.39 is 17.7 Å². The van der Waals surface area contributed by atoms with Gasteiger partial charge in [0.05, 0.1) is 86.1 Å². The molecule has 0 amide bonds. The van der Waals surface area contributed by atoms with Gasteiger partial charge in [-0.3, -0.25) is 0 Å². The molecule has 1 aliphatic heterocycles. The molecule has 9 rings (SSSR count). The molecule has 10 heteroatoms. The first-order valence-corrected chi connectivity index (χ1v) is 16.9. The van der Waals surface area contributed by atoms with Crippen molar-refractivity contribution in [3.8, 4) is 52.8 Å². The Bertz CT molecular complexity index is 3140. The molecule has 2 aromatic heterocycles. The number of aromatic nitrogens is 2. The van der Waals surface area contributed by atoms with Crippen LogP contribution in [0, 0.1) is 56.7 Å². The Morgan fingerprint density at radius 2 is 1.11 bits per heavy atom. The summed E-state index contributed by atoms with van der Waals surface area (Å²) in [5.41, 5.74) is 5.91. The molecule has 0 N–H and O–H groups in total. The number of hydrogen-bond donors (Lipinski definition) is 0. The van der Waals surface area contributed by atoms with Crippen molar-refractivity contribution in [3.63, 3.8) is 0 Å². The van der Waals surface area contributed by atoms with E-state index in [1.807, 2.05) is 33.4 Å². The molecule has 2 aliphatic rings. The number of alkyl halides is 3. The van der Waals surface area contributed by atoms with Crippen molar-refractivity contribution < 1.29 is 13.2 Å². The van der Waals surface area contributed by atoms with E-state index in [0.717, 1.165) is 33.9 Å². The number of fused-ring (bicyclic) bond motifs is 10. The maximum atomic E-state index is 14.4. The second kappa shape index (κ2) is 12.0. The molecular formula is C45H20F3N7. The van der Waals surface area contributed by atoms with Crippen LogP contribution in [0.3, 0.4) is 0 Å². The first-order chi connectivity index (χ1) is 26.6. The third-order valence-corrected chi connectivity index (χ3v) is 10.3. The highest BCUT2D eigenvalue weighted by Gasteiger charge is 2.33. The van der Waals surface area contributed by atoms with Crippen LogP contribution in [0.2, 0.25) is 0 Å². The van der Waals surface area contributed by atoms with Crippen molar-refractivity contribution in [2.75, 3.05) is 0 Å². The molecule has 0 saturated heterocycles. The van der Waals surface area contributed by atoms with Gasteiger partial charge in [-0.2, -0.15) is 39.5 Å². The van der Waals surface area contributed by atoms with Crippen LogP contribution in [0.1, 0.15) is 50.6 Å². The van der Waals surface area contributed by atoms with Crippen LogP contribution in [0.15, 0.2) is 109 Å². The van der Waals surface area contributed by atoms with Crippen molar-refractivity contribution in [2.24, 2.45) is 0 Å². The Balaban J connectivity index is 1.55. The molecule has 1 aliphatic carbocycles. The van der Waals surface area contributed by atoms with Gasteiger partial charge in [-0.25, -0.2) is 0 Å². The van der Waals surface area contributed by atoms with Crippen molar-refractivity contribution >= 4 is 44.9 Å². The Hall–Kier alpha value is -8.10. The maximum absolute atomic E-state index is 14.4. The van der Waals surface area contributed by atoms with Crippen molar-refractivity contribution in [1.29, 1.82) is 26.3 Å². The van der Waals surface area contributed by atoms with Gasteiger partial charge in [0.1, 0.15) is 0 Å². The number of nitriles is 5. The van der Waals surface area contributed by atoms with Gasteiger partial charge >= 0.3 is 6.18 Å². The van der Waals surface area contributed by atoms with E-state index >= 15 is 0 Å². The Morgan fingerprint density at radius 3 is 1.67 bits per heavy atom. The van der Waals surface area contributed by atoms with Gasteiger partial charge in [-0.15, -0.1) is 0 Å². The zero-order valence-electron chi connectivity index (χ0n) is 28.3. The average molecular weight is 716 g/mol. The van der Waals surface area contributed by atoms with Crippen LogP contribution in [-0.4, -0.2) is 9.13 Å². The van der Waals surface area contributed by atoms with Crippen LogP contribution in [-0.2, 0) is 6.18 Å². The van der Waals surface area contributed by atoms with Gasteiger partial charge in [0.25, 0.3) is 0 Å². The van der Waals surface area contributed by atoms with E-state index in [4.69, 9.17) is 0 Å². The third-order valence-electron chi connectivity index (χ3n) is 10.3. The lowest BCUT2D eigenvalue weighted by Crippen LogP contribution is -2.09. The lowest BCUT2D eigenvalue weighted by Gasteiger charge is -2.23. The maximum Gasteiger partial charge on any atom is 0.416 e. The molecule has 0 fully saturated rings. The van der Waals surface area contributed by atoms with Crippen LogP contribution < -0.4 is 0 Å². The lowest BCUT2D eigenvalue weighted by atomic mass is 9.92.